The second-order valence-corrected chi connectivity index (χ2v) is 12.4. The number of hydrogen-bond donors (Lipinski definition) is 0. The van der Waals surface area contributed by atoms with E-state index < -0.39 is 0 Å². The molecule has 0 amide bonds. The molecule has 1 heterocycles. The minimum Gasteiger partial charge on any atom is -0.297 e. The summed E-state index contributed by atoms with van der Waals surface area (Å²) in [5.74, 6) is 10.3. The minimum absolute atomic E-state index is 1.05. The maximum atomic E-state index is 2.70. The number of thioether (sulfide) groups is 4. The first-order valence-electron chi connectivity index (χ1n) is 10.8. The molecule has 1 nitrogen and oxygen atoms in total. The molecule has 0 atom stereocenters. The number of nitrogens with zero attached hydrogens (tertiary/aromatic N) is 1. The Morgan fingerprint density at radius 2 is 1.00 bits per heavy atom. The Balaban J connectivity index is 1.54. The summed E-state index contributed by atoms with van der Waals surface area (Å²) in [6, 6.07) is 20.2. The maximum Gasteiger partial charge on any atom is 0.0246 e. The van der Waals surface area contributed by atoms with Crippen LogP contribution in [-0.2, 0) is 6.54 Å². The minimum atomic E-state index is 1.05. The summed E-state index contributed by atoms with van der Waals surface area (Å²) < 4.78 is 0. The van der Waals surface area contributed by atoms with Crippen molar-refractivity contribution in [3.8, 4) is 0 Å². The lowest BCUT2D eigenvalue weighted by atomic mass is 9.96. The molecule has 0 aromatic heterocycles. The molecular weight excluding hydrogens is 443 g/mol. The van der Waals surface area contributed by atoms with Gasteiger partial charge in [-0.15, -0.1) is 0 Å². The van der Waals surface area contributed by atoms with Gasteiger partial charge in [0.1, 0.15) is 0 Å². The van der Waals surface area contributed by atoms with Crippen molar-refractivity contribution in [2.24, 2.45) is 0 Å². The van der Waals surface area contributed by atoms with Crippen molar-refractivity contribution in [3.63, 3.8) is 0 Å². The van der Waals surface area contributed by atoms with E-state index in [0.717, 1.165) is 6.54 Å². The Hall–Kier alpha value is -0.460. The maximum absolute atomic E-state index is 2.70. The van der Waals surface area contributed by atoms with Crippen molar-refractivity contribution in [1.29, 1.82) is 0 Å². The summed E-state index contributed by atoms with van der Waals surface area (Å²) in [6.07, 6.45) is 0. The molecule has 1 saturated heterocycles. The van der Waals surface area contributed by atoms with E-state index >= 15 is 0 Å². The third kappa shape index (κ3) is 6.52. The highest BCUT2D eigenvalue weighted by Gasteiger charge is 2.13. The summed E-state index contributed by atoms with van der Waals surface area (Å²) in [6.45, 7) is 3.41. The molecule has 1 fully saturated rings. The van der Waals surface area contributed by atoms with Gasteiger partial charge in [0.2, 0.25) is 0 Å². The van der Waals surface area contributed by atoms with Crippen LogP contribution >= 0.6 is 47.0 Å². The van der Waals surface area contributed by atoms with Gasteiger partial charge in [-0.25, -0.2) is 0 Å². The lowest BCUT2D eigenvalue weighted by Crippen LogP contribution is -2.28. The summed E-state index contributed by atoms with van der Waals surface area (Å²) in [4.78, 5) is 2.70. The molecule has 3 aromatic rings. The van der Waals surface area contributed by atoms with Gasteiger partial charge in [-0.05, 0) is 33.2 Å². The lowest BCUT2D eigenvalue weighted by molar-refractivity contribution is 0.303. The fraction of sp³-hybridized carbons (Fsp3) is 0.440. The molecule has 0 unspecified atom stereocenters. The normalized spacial score (nSPS) is 18.8. The molecule has 0 radical (unpaired) electrons. The second kappa shape index (κ2) is 12.5. The van der Waals surface area contributed by atoms with Gasteiger partial charge in [0.15, 0.2) is 0 Å². The molecule has 0 saturated carbocycles. The summed E-state index contributed by atoms with van der Waals surface area (Å²) >= 11 is 8.52. The predicted octanol–water partition coefficient (Wildman–Crippen LogP) is 6.74. The van der Waals surface area contributed by atoms with Crippen LogP contribution in [0.5, 0.6) is 0 Å². The zero-order valence-corrected chi connectivity index (χ0v) is 20.8. The number of fused-ring (bicyclic) bond motifs is 2. The van der Waals surface area contributed by atoms with Gasteiger partial charge >= 0.3 is 0 Å². The van der Waals surface area contributed by atoms with Gasteiger partial charge in [0, 0.05) is 65.7 Å². The quantitative estimate of drug-likeness (QED) is 0.378. The predicted molar refractivity (Wildman–Crippen MR) is 146 cm³/mol. The molecule has 5 heteroatoms. The van der Waals surface area contributed by atoms with Crippen LogP contribution in [0.15, 0.2) is 54.6 Å². The summed E-state index contributed by atoms with van der Waals surface area (Å²) in [5, 5.41) is 5.56. The van der Waals surface area contributed by atoms with Crippen LogP contribution < -0.4 is 0 Å². The van der Waals surface area contributed by atoms with E-state index in [1.165, 1.54) is 86.2 Å². The third-order valence-corrected chi connectivity index (χ3v) is 10.2. The van der Waals surface area contributed by atoms with Crippen molar-refractivity contribution in [2.75, 3.05) is 59.1 Å². The molecule has 0 bridgehead atoms. The number of benzene rings is 3. The highest BCUT2D eigenvalue weighted by Crippen LogP contribution is 2.29. The van der Waals surface area contributed by atoms with E-state index in [9.17, 15) is 0 Å². The Labute approximate surface area is 198 Å². The van der Waals surface area contributed by atoms with Gasteiger partial charge in [0.05, 0.1) is 0 Å². The summed E-state index contributed by atoms with van der Waals surface area (Å²) in [5.41, 5.74) is 1.50. The topological polar surface area (TPSA) is 3.24 Å². The molecule has 0 N–H and O–H groups in total. The molecule has 160 valence electrons. The Morgan fingerprint density at radius 3 is 1.50 bits per heavy atom. The van der Waals surface area contributed by atoms with Gasteiger partial charge in [0.25, 0.3) is 0 Å². The number of rotatable bonds is 2. The van der Waals surface area contributed by atoms with E-state index in [2.05, 4.69) is 107 Å². The Morgan fingerprint density at radius 1 is 0.567 bits per heavy atom. The molecule has 0 spiro atoms. The van der Waals surface area contributed by atoms with Crippen molar-refractivity contribution in [2.45, 2.75) is 6.54 Å². The first kappa shape index (κ1) is 22.7. The Kier molecular flexibility index (Phi) is 9.50. The Bertz CT molecular complexity index is 859. The molecule has 30 heavy (non-hydrogen) atoms. The fourth-order valence-corrected chi connectivity index (χ4v) is 8.34. The lowest BCUT2D eigenvalue weighted by Gasteiger charge is -2.24. The summed E-state index contributed by atoms with van der Waals surface area (Å²) in [7, 11) is 0. The first-order valence-corrected chi connectivity index (χ1v) is 15.5. The van der Waals surface area contributed by atoms with Crippen LogP contribution in [0, 0.1) is 0 Å². The van der Waals surface area contributed by atoms with E-state index in [-0.39, 0.29) is 0 Å². The van der Waals surface area contributed by atoms with Crippen molar-refractivity contribution < 1.29 is 0 Å². The fourth-order valence-electron chi connectivity index (χ4n) is 3.92. The van der Waals surface area contributed by atoms with Gasteiger partial charge in [-0.1, -0.05) is 48.5 Å². The van der Waals surface area contributed by atoms with Crippen molar-refractivity contribution in [3.05, 3.63) is 60.2 Å². The molecular formula is C25H31NS4. The second-order valence-electron chi connectivity index (χ2n) is 7.52. The molecule has 0 aliphatic carbocycles. The molecule has 3 aromatic carbocycles. The third-order valence-electron chi connectivity index (χ3n) is 5.48. The van der Waals surface area contributed by atoms with Crippen LogP contribution in [0.4, 0.5) is 0 Å². The molecule has 4 rings (SSSR count). The van der Waals surface area contributed by atoms with Crippen molar-refractivity contribution >= 4 is 68.6 Å². The van der Waals surface area contributed by atoms with Crippen molar-refractivity contribution in [1.82, 2.24) is 4.90 Å². The zero-order valence-electron chi connectivity index (χ0n) is 17.6. The first-order chi connectivity index (χ1) is 14.9. The van der Waals surface area contributed by atoms with Gasteiger partial charge in [-0.2, -0.15) is 47.0 Å². The largest absolute Gasteiger partial charge is 0.297 e. The number of hydrogen-bond acceptors (Lipinski definition) is 5. The van der Waals surface area contributed by atoms with E-state index in [4.69, 9.17) is 0 Å². The highest BCUT2D eigenvalue weighted by atomic mass is 32.2. The van der Waals surface area contributed by atoms with Crippen LogP contribution in [-0.4, -0.2) is 64.0 Å². The van der Waals surface area contributed by atoms with Crippen LogP contribution in [0.3, 0.4) is 0 Å². The highest BCUT2D eigenvalue weighted by molar-refractivity contribution is 8.05. The van der Waals surface area contributed by atoms with E-state index in [1.54, 1.807) is 0 Å². The van der Waals surface area contributed by atoms with Crippen LogP contribution in [0.2, 0.25) is 0 Å². The van der Waals surface area contributed by atoms with Gasteiger partial charge in [-0.3, -0.25) is 4.90 Å². The SMILES string of the molecule is c1ccc2c(CN3CCSCCSCCSCCSCC3)c3ccccc3cc2c1. The standard InChI is InChI=1S/C25H31NS4/c1-3-7-23-21(5-1)19-22-6-2-4-8-24(22)25(23)20-26-9-11-27-13-15-29-17-18-30-16-14-28-12-10-26/h1-8,19H,9-18,20H2. The molecule has 1 aliphatic heterocycles. The van der Waals surface area contributed by atoms with E-state index in [0.29, 0.717) is 0 Å². The van der Waals surface area contributed by atoms with Gasteiger partial charge < -0.3 is 0 Å². The smallest absolute Gasteiger partial charge is 0.0246 e. The molecule has 1 aliphatic rings. The van der Waals surface area contributed by atoms with Crippen LogP contribution in [0.25, 0.3) is 21.5 Å². The average molecular weight is 474 g/mol. The average Bonchev–Trinajstić information content (AvgIpc) is 2.79. The van der Waals surface area contributed by atoms with Crippen LogP contribution in [0.1, 0.15) is 5.56 Å². The van der Waals surface area contributed by atoms with E-state index in [1.807, 2.05) is 0 Å². The monoisotopic (exact) mass is 473 g/mol. The zero-order chi connectivity index (χ0) is 20.4.